The van der Waals surface area contributed by atoms with Crippen molar-refractivity contribution in [2.24, 2.45) is 0 Å². The molecule has 5 nitrogen and oxygen atoms in total. The van der Waals surface area contributed by atoms with E-state index in [-0.39, 0.29) is 10.9 Å². The molecule has 0 aromatic heterocycles. The largest absolute Gasteiger partial charge is 0.399 e. The molecule has 0 heterocycles. The fraction of sp³-hybridized carbons (Fsp3) is 0.455. The molecular formula is C11H18N2O3S2. The lowest BCUT2D eigenvalue weighted by molar-refractivity contribution is 0.556. The molecule has 2 unspecified atom stereocenters. The molecule has 7 heteroatoms. The van der Waals surface area contributed by atoms with Gasteiger partial charge in [-0.2, -0.15) is 0 Å². The maximum absolute atomic E-state index is 12.0. The number of hydrogen-bond acceptors (Lipinski definition) is 4. The van der Waals surface area contributed by atoms with Gasteiger partial charge in [0.05, 0.1) is 4.90 Å². The third-order valence-corrected chi connectivity index (χ3v) is 4.80. The van der Waals surface area contributed by atoms with Crippen LogP contribution in [0.1, 0.15) is 13.3 Å². The SMILES string of the molecule is CC(CCS(C)=O)NS(=O)(=O)c1ccc(N)cc1. The van der Waals surface area contributed by atoms with Gasteiger partial charge >= 0.3 is 0 Å². The van der Waals surface area contributed by atoms with Crippen LogP contribution in [0.2, 0.25) is 0 Å². The molecule has 102 valence electrons. The number of hydrogen-bond donors (Lipinski definition) is 2. The van der Waals surface area contributed by atoms with Crippen LogP contribution in [0.25, 0.3) is 0 Å². The molecule has 1 aromatic rings. The van der Waals surface area contributed by atoms with Crippen molar-refractivity contribution in [3.63, 3.8) is 0 Å². The van der Waals surface area contributed by atoms with E-state index in [9.17, 15) is 12.6 Å². The summed E-state index contributed by atoms with van der Waals surface area (Å²) in [6, 6.07) is 5.75. The van der Waals surface area contributed by atoms with Crippen LogP contribution in [0.4, 0.5) is 5.69 Å². The molecule has 3 N–H and O–H groups in total. The zero-order valence-corrected chi connectivity index (χ0v) is 12.1. The van der Waals surface area contributed by atoms with Gasteiger partial charge in [0.2, 0.25) is 10.0 Å². The van der Waals surface area contributed by atoms with E-state index in [1.165, 1.54) is 12.1 Å². The van der Waals surface area contributed by atoms with Gasteiger partial charge in [-0.15, -0.1) is 0 Å². The quantitative estimate of drug-likeness (QED) is 0.755. The van der Waals surface area contributed by atoms with Crippen molar-refractivity contribution in [2.45, 2.75) is 24.3 Å². The van der Waals surface area contributed by atoms with Crippen LogP contribution in [-0.4, -0.2) is 30.7 Å². The summed E-state index contributed by atoms with van der Waals surface area (Å²) in [5.41, 5.74) is 6.02. The van der Waals surface area contributed by atoms with Crippen molar-refractivity contribution in [1.29, 1.82) is 0 Å². The summed E-state index contributed by atoms with van der Waals surface area (Å²) in [4.78, 5) is 0.182. The van der Waals surface area contributed by atoms with Gasteiger partial charge in [-0.3, -0.25) is 4.21 Å². The summed E-state index contributed by atoms with van der Waals surface area (Å²) in [5.74, 6) is 0.478. The third kappa shape index (κ3) is 4.75. The standard InChI is InChI=1S/C11H18N2O3S2/c1-9(7-8-17(2)14)13-18(15,16)11-5-3-10(12)4-6-11/h3-6,9,13H,7-8,12H2,1-2H3. The molecule has 0 aliphatic rings. The normalized spacial score (nSPS) is 15.2. The molecule has 2 atom stereocenters. The monoisotopic (exact) mass is 290 g/mol. The van der Waals surface area contributed by atoms with Crippen LogP contribution in [0, 0.1) is 0 Å². The molecule has 18 heavy (non-hydrogen) atoms. The molecular weight excluding hydrogens is 272 g/mol. The van der Waals surface area contributed by atoms with E-state index >= 15 is 0 Å². The second-order valence-electron chi connectivity index (χ2n) is 4.16. The Morgan fingerprint density at radius 1 is 1.33 bits per heavy atom. The van der Waals surface area contributed by atoms with Crippen LogP contribution in [-0.2, 0) is 20.8 Å². The minimum atomic E-state index is -3.53. The van der Waals surface area contributed by atoms with Crippen LogP contribution >= 0.6 is 0 Å². The lowest BCUT2D eigenvalue weighted by Gasteiger charge is -2.13. The van der Waals surface area contributed by atoms with E-state index in [2.05, 4.69) is 4.72 Å². The van der Waals surface area contributed by atoms with Crippen LogP contribution in [0.15, 0.2) is 29.2 Å². The van der Waals surface area contributed by atoms with Gasteiger partial charge in [0.15, 0.2) is 0 Å². The lowest BCUT2D eigenvalue weighted by Crippen LogP contribution is -2.33. The molecule has 0 aliphatic carbocycles. The molecule has 0 spiro atoms. The molecule has 0 saturated carbocycles. The van der Waals surface area contributed by atoms with Crippen LogP contribution in [0.3, 0.4) is 0 Å². The van der Waals surface area contributed by atoms with Gasteiger partial charge in [0.1, 0.15) is 0 Å². The molecule has 0 aliphatic heterocycles. The Hall–Kier alpha value is -0.920. The van der Waals surface area contributed by atoms with E-state index in [0.717, 1.165) is 0 Å². The predicted molar refractivity (Wildman–Crippen MR) is 74.2 cm³/mol. The Labute approximate surface area is 110 Å². The maximum atomic E-state index is 12.0. The van der Waals surface area contributed by atoms with Crippen LogP contribution in [0.5, 0.6) is 0 Å². The van der Waals surface area contributed by atoms with E-state index in [1.54, 1.807) is 25.3 Å². The number of nitrogens with two attached hydrogens (primary N) is 1. The fourth-order valence-electron chi connectivity index (χ4n) is 1.38. The predicted octanol–water partition coefficient (Wildman–Crippen LogP) is 0.704. The van der Waals surface area contributed by atoms with E-state index in [0.29, 0.717) is 17.9 Å². The van der Waals surface area contributed by atoms with Gasteiger partial charge < -0.3 is 5.73 Å². The summed E-state index contributed by atoms with van der Waals surface area (Å²) in [6.07, 6.45) is 2.14. The Balaban J connectivity index is 2.70. The first-order chi connectivity index (χ1) is 8.31. The molecule has 0 radical (unpaired) electrons. The summed E-state index contributed by atoms with van der Waals surface area (Å²) in [6.45, 7) is 1.75. The number of anilines is 1. The first-order valence-electron chi connectivity index (χ1n) is 5.49. The number of rotatable bonds is 6. The highest BCUT2D eigenvalue weighted by atomic mass is 32.2. The van der Waals surface area contributed by atoms with Gasteiger partial charge in [-0.05, 0) is 37.6 Å². The summed E-state index contributed by atoms with van der Waals surface area (Å²) >= 11 is 0. The Kier molecular flexibility index (Phi) is 5.30. The Bertz CT molecular complexity index is 512. The first kappa shape index (κ1) is 15.1. The minimum Gasteiger partial charge on any atom is -0.399 e. The molecule has 1 aromatic carbocycles. The smallest absolute Gasteiger partial charge is 0.240 e. The average molecular weight is 290 g/mol. The minimum absolute atomic E-state index is 0.182. The van der Waals surface area contributed by atoms with Crippen LogP contribution < -0.4 is 10.5 Å². The molecule has 0 amide bonds. The lowest BCUT2D eigenvalue weighted by atomic mass is 10.3. The van der Waals surface area contributed by atoms with Gasteiger partial charge in [0.25, 0.3) is 0 Å². The van der Waals surface area contributed by atoms with E-state index in [1.807, 2.05) is 0 Å². The number of nitrogens with one attached hydrogen (secondary N) is 1. The third-order valence-electron chi connectivity index (χ3n) is 2.39. The van der Waals surface area contributed by atoms with Crippen molar-refractivity contribution in [3.05, 3.63) is 24.3 Å². The van der Waals surface area contributed by atoms with Crippen molar-refractivity contribution < 1.29 is 12.6 Å². The van der Waals surface area contributed by atoms with Crippen molar-refractivity contribution in [1.82, 2.24) is 4.72 Å². The fourth-order valence-corrected chi connectivity index (χ4v) is 3.35. The van der Waals surface area contributed by atoms with Gasteiger partial charge in [0, 0.05) is 34.5 Å². The van der Waals surface area contributed by atoms with Gasteiger partial charge in [-0.1, -0.05) is 0 Å². The highest BCUT2D eigenvalue weighted by molar-refractivity contribution is 7.89. The first-order valence-corrected chi connectivity index (χ1v) is 8.70. The second kappa shape index (κ2) is 6.31. The molecule has 1 rings (SSSR count). The Morgan fingerprint density at radius 3 is 2.39 bits per heavy atom. The zero-order valence-electron chi connectivity index (χ0n) is 10.4. The summed E-state index contributed by atoms with van der Waals surface area (Å²) in [7, 11) is -4.44. The summed E-state index contributed by atoms with van der Waals surface area (Å²) < 4.78 is 37.4. The summed E-state index contributed by atoms with van der Waals surface area (Å²) in [5, 5.41) is 0. The van der Waals surface area contributed by atoms with Gasteiger partial charge in [-0.25, -0.2) is 13.1 Å². The number of nitrogen functional groups attached to an aromatic ring is 1. The number of benzene rings is 1. The second-order valence-corrected chi connectivity index (χ2v) is 7.43. The Morgan fingerprint density at radius 2 is 1.89 bits per heavy atom. The van der Waals surface area contributed by atoms with E-state index in [4.69, 9.17) is 5.73 Å². The average Bonchev–Trinajstić information content (AvgIpc) is 2.26. The maximum Gasteiger partial charge on any atom is 0.240 e. The highest BCUT2D eigenvalue weighted by Crippen LogP contribution is 2.12. The van der Waals surface area contributed by atoms with Crippen molar-refractivity contribution >= 4 is 26.5 Å². The molecule has 0 fully saturated rings. The number of sulfonamides is 1. The molecule has 0 bridgehead atoms. The highest BCUT2D eigenvalue weighted by Gasteiger charge is 2.17. The zero-order chi connectivity index (χ0) is 13.8. The topological polar surface area (TPSA) is 89.3 Å². The van der Waals surface area contributed by atoms with Crippen molar-refractivity contribution in [3.8, 4) is 0 Å². The van der Waals surface area contributed by atoms with E-state index < -0.39 is 20.8 Å². The molecule has 0 saturated heterocycles. The van der Waals surface area contributed by atoms with Crippen molar-refractivity contribution in [2.75, 3.05) is 17.7 Å².